The van der Waals surface area contributed by atoms with Gasteiger partial charge in [0.05, 0.1) is 0 Å². The third kappa shape index (κ3) is 8.59. The van der Waals surface area contributed by atoms with Gasteiger partial charge in [-0.25, -0.2) is 0 Å². The van der Waals surface area contributed by atoms with Crippen LogP contribution in [0.1, 0.15) is 34.1 Å². The summed E-state index contributed by atoms with van der Waals surface area (Å²) < 4.78 is 0. The molecule has 1 aliphatic carbocycles. The molecule has 0 aromatic heterocycles. The second-order valence-corrected chi connectivity index (χ2v) is 6.47. The van der Waals surface area contributed by atoms with Crippen molar-refractivity contribution in [3.8, 4) is 0 Å². The van der Waals surface area contributed by atoms with Crippen molar-refractivity contribution in [2.45, 2.75) is 34.1 Å². The Morgan fingerprint density at radius 3 is 1.61 bits per heavy atom. The maximum atomic E-state index is 5.21. The smallest absolute Gasteiger partial charge is 0.765 e. The molecule has 1 aromatic carbocycles. The molecule has 1 aromatic rings. The quantitative estimate of drug-likeness (QED) is 0.271. The fourth-order valence-electron chi connectivity index (χ4n) is 3.22. The first-order chi connectivity index (χ1) is 9.49. The molecular weight excluding hydrogens is 378 g/mol. The van der Waals surface area contributed by atoms with E-state index >= 15 is 0 Å². The van der Waals surface area contributed by atoms with Crippen molar-refractivity contribution < 1.29 is 26.2 Å². The number of nitrogens with zero attached hydrogens (tertiary/aromatic N) is 1. The van der Waals surface area contributed by atoms with Crippen molar-refractivity contribution in [1.82, 2.24) is 0 Å². The van der Waals surface area contributed by atoms with E-state index in [-0.39, 0.29) is 41.1 Å². The average molecular weight is 411 g/mol. The van der Waals surface area contributed by atoms with Gasteiger partial charge in [-0.1, -0.05) is 27.7 Å². The minimum atomic E-state index is 0. The Balaban J connectivity index is -0.000000382. The standard InChI is InChI=1S/C12H23NS.C6H5.2CH3.Zr/c1-7-8(2)10(4)11(9(7)3)6-12(14)13-5;1-2-4-6-5-3-1;;;/h7-11H,6H2,1-5H3,(H,13,14);1-5H;2*1H3;/q;3*-1;+4/p-1/t7?,8?,9-,10?,11?;;;;/m0..../s1. The van der Waals surface area contributed by atoms with E-state index in [0.717, 1.165) is 41.1 Å². The molecule has 0 radical (unpaired) electrons. The van der Waals surface area contributed by atoms with Crippen molar-refractivity contribution in [1.29, 1.82) is 0 Å². The molecule has 1 fully saturated rings. The zero-order valence-electron chi connectivity index (χ0n) is 15.8. The molecule has 128 valence electrons. The molecule has 1 nitrogen and oxygen atoms in total. The molecular formula is C20H33NSZr. The van der Waals surface area contributed by atoms with Crippen LogP contribution < -0.4 is 0 Å². The summed E-state index contributed by atoms with van der Waals surface area (Å²) in [6.45, 7) is 9.48. The van der Waals surface area contributed by atoms with Crippen LogP contribution >= 0.6 is 0 Å². The number of benzene rings is 1. The maximum Gasteiger partial charge on any atom is 4.00 e. The molecule has 0 amide bonds. The van der Waals surface area contributed by atoms with Gasteiger partial charge >= 0.3 is 26.2 Å². The van der Waals surface area contributed by atoms with E-state index in [1.54, 1.807) is 7.05 Å². The van der Waals surface area contributed by atoms with Crippen LogP contribution in [0.2, 0.25) is 0 Å². The van der Waals surface area contributed by atoms with Crippen molar-refractivity contribution >= 4 is 17.7 Å². The van der Waals surface area contributed by atoms with Crippen LogP contribution in [-0.4, -0.2) is 12.1 Å². The molecule has 0 saturated heterocycles. The molecule has 5 atom stereocenters. The van der Waals surface area contributed by atoms with E-state index in [1.165, 1.54) is 0 Å². The Labute approximate surface area is 170 Å². The van der Waals surface area contributed by atoms with Gasteiger partial charge in [0, 0.05) is 7.05 Å². The predicted octanol–water partition coefficient (Wildman–Crippen LogP) is 5.51. The van der Waals surface area contributed by atoms with Crippen molar-refractivity contribution in [3.63, 3.8) is 0 Å². The van der Waals surface area contributed by atoms with E-state index in [1.807, 2.05) is 30.3 Å². The van der Waals surface area contributed by atoms with Gasteiger partial charge < -0.3 is 32.5 Å². The summed E-state index contributed by atoms with van der Waals surface area (Å²) in [5.74, 6) is 3.99. The zero-order chi connectivity index (χ0) is 15.1. The molecule has 1 aliphatic rings. The van der Waals surface area contributed by atoms with Gasteiger partial charge in [-0.15, -0.1) is 5.04 Å². The summed E-state index contributed by atoms with van der Waals surface area (Å²) >= 11 is 5.21. The van der Waals surface area contributed by atoms with Crippen LogP contribution in [0.15, 0.2) is 35.3 Å². The van der Waals surface area contributed by atoms with Crippen molar-refractivity contribution in [2.75, 3.05) is 7.05 Å². The first kappa shape index (κ1) is 27.8. The van der Waals surface area contributed by atoms with Gasteiger partial charge in [0.15, 0.2) is 0 Å². The summed E-state index contributed by atoms with van der Waals surface area (Å²) in [4.78, 5) is 4.10. The van der Waals surface area contributed by atoms with E-state index in [4.69, 9.17) is 12.6 Å². The summed E-state index contributed by atoms with van der Waals surface area (Å²) in [6, 6.07) is 12.5. The molecule has 3 heteroatoms. The largest absolute Gasteiger partial charge is 4.00 e. The van der Waals surface area contributed by atoms with Gasteiger partial charge in [-0.3, -0.25) is 0 Å². The Morgan fingerprint density at radius 1 is 0.913 bits per heavy atom. The third-order valence-electron chi connectivity index (χ3n) is 5.11. The van der Waals surface area contributed by atoms with Crippen LogP contribution in [0.3, 0.4) is 0 Å². The second-order valence-electron chi connectivity index (χ2n) is 6.00. The van der Waals surface area contributed by atoms with Gasteiger partial charge in [-0.05, 0) is 36.0 Å². The average Bonchev–Trinajstić information content (AvgIpc) is 2.67. The minimum absolute atomic E-state index is 0. The Bertz CT molecular complexity index is 367. The van der Waals surface area contributed by atoms with E-state index in [9.17, 15) is 0 Å². The maximum absolute atomic E-state index is 5.21. The number of rotatable bonds is 2. The first-order valence-corrected chi connectivity index (χ1v) is 7.93. The molecule has 0 bridgehead atoms. The number of aliphatic imine (C=N–C) groups is 1. The summed E-state index contributed by atoms with van der Waals surface area (Å²) in [5, 5.41) is 0.898. The van der Waals surface area contributed by atoms with E-state index in [2.05, 4.69) is 38.8 Å². The summed E-state index contributed by atoms with van der Waals surface area (Å²) in [7, 11) is 1.81. The van der Waals surface area contributed by atoms with Crippen LogP contribution in [0, 0.1) is 50.5 Å². The van der Waals surface area contributed by atoms with Gasteiger partial charge in [0.1, 0.15) is 0 Å². The fraction of sp³-hybridized carbons (Fsp3) is 0.550. The van der Waals surface area contributed by atoms with Gasteiger partial charge in [0.25, 0.3) is 0 Å². The minimum Gasteiger partial charge on any atom is -0.765 e. The Hall–Kier alpha value is -0.00688. The first-order valence-electron chi connectivity index (χ1n) is 7.52. The summed E-state index contributed by atoms with van der Waals surface area (Å²) in [6.07, 6.45) is 1.02. The van der Waals surface area contributed by atoms with Crippen LogP contribution in [-0.2, 0) is 38.8 Å². The van der Waals surface area contributed by atoms with E-state index in [0.29, 0.717) is 0 Å². The van der Waals surface area contributed by atoms with E-state index < -0.39 is 0 Å². The molecule has 4 unspecified atom stereocenters. The molecule has 0 N–H and O–H groups in total. The molecule has 0 heterocycles. The molecule has 0 spiro atoms. The molecule has 0 aliphatic heterocycles. The normalized spacial score (nSPS) is 29.1. The second kappa shape index (κ2) is 14.3. The van der Waals surface area contributed by atoms with Crippen LogP contribution in [0.5, 0.6) is 0 Å². The predicted molar refractivity (Wildman–Crippen MR) is 104 cm³/mol. The van der Waals surface area contributed by atoms with Crippen LogP contribution in [0.4, 0.5) is 0 Å². The molecule has 1 saturated carbocycles. The topological polar surface area (TPSA) is 12.4 Å². The SMILES string of the molecule is CN=C([S-])CC1C(C)C(C)C(C)[C@@H]1C.[CH3-].[CH3-].[Zr+4].[c-]1ccccc1. The Morgan fingerprint density at radius 2 is 1.35 bits per heavy atom. The number of hydrogen-bond acceptors (Lipinski definition) is 2. The van der Waals surface area contributed by atoms with Gasteiger partial charge in [-0.2, -0.15) is 36.4 Å². The van der Waals surface area contributed by atoms with Crippen molar-refractivity contribution in [2.24, 2.45) is 34.6 Å². The zero-order valence-corrected chi connectivity index (χ0v) is 19.1. The fourth-order valence-corrected chi connectivity index (χ4v) is 3.42. The summed E-state index contributed by atoms with van der Waals surface area (Å²) in [5.41, 5.74) is 0. The Kier molecular flexibility index (Phi) is 17.4. The van der Waals surface area contributed by atoms with Crippen LogP contribution in [0.25, 0.3) is 0 Å². The third-order valence-corrected chi connectivity index (χ3v) is 5.45. The number of hydrogen-bond donors (Lipinski definition) is 0. The van der Waals surface area contributed by atoms with Gasteiger partial charge in [0.2, 0.25) is 0 Å². The van der Waals surface area contributed by atoms with Crippen molar-refractivity contribution in [3.05, 3.63) is 51.3 Å². The molecule has 23 heavy (non-hydrogen) atoms. The monoisotopic (exact) mass is 409 g/mol. The molecule has 2 rings (SSSR count).